The molecule has 6 heteroatoms. The van der Waals surface area contributed by atoms with Crippen molar-refractivity contribution < 1.29 is 13.2 Å². The summed E-state index contributed by atoms with van der Waals surface area (Å²) < 4.78 is 23.4. The minimum atomic E-state index is -3.33. The molecule has 0 bridgehead atoms. The number of amides is 1. The van der Waals surface area contributed by atoms with E-state index in [0.717, 1.165) is 21.7 Å². The molecule has 0 saturated heterocycles. The Morgan fingerprint density at radius 1 is 1.22 bits per heavy atom. The topological polar surface area (TPSA) is 66.5 Å². The van der Waals surface area contributed by atoms with Crippen LogP contribution in [0.3, 0.4) is 0 Å². The monoisotopic (exact) mass is 270 g/mol. The molecule has 0 aromatic heterocycles. The highest BCUT2D eigenvalue weighted by atomic mass is 32.2. The quantitative estimate of drug-likeness (QED) is 0.892. The fraction of sp³-hybridized carbons (Fsp3) is 0.417. The Morgan fingerprint density at radius 3 is 2.17 bits per heavy atom. The molecule has 0 radical (unpaired) electrons. The molecule has 0 saturated carbocycles. The van der Waals surface area contributed by atoms with E-state index in [1.54, 1.807) is 0 Å². The lowest BCUT2D eigenvalue weighted by Crippen LogP contribution is -2.34. The molecule has 0 unspecified atom stereocenters. The van der Waals surface area contributed by atoms with Gasteiger partial charge in [-0.15, -0.1) is 0 Å². The molecule has 0 aliphatic carbocycles. The van der Waals surface area contributed by atoms with Gasteiger partial charge in [0.1, 0.15) is 0 Å². The van der Waals surface area contributed by atoms with Crippen LogP contribution in [-0.2, 0) is 14.8 Å². The number of anilines is 1. The molecule has 1 rings (SSSR count). The van der Waals surface area contributed by atoms with Crippen molar-refractivity contribution in [2.75, 3.05) is 25.2 Å². The number of carbonyl (C=O) groups is 1. The molecular formula is C12H18N2O3S. The molecule has 0 heterocycles. The summed E-state index contributed by atoms with van der Waals surface area (Å²) in [6, 6.07) is 5.68. The first kappa shape index (κ1) is 14.7. The highest BCUT2D eigenvalue weighted by Crippen LogP contribution is 2.13. The van der Waals surface area contributed by atoms with Gasteiger partial charge in [0.05, 0.1) is 12.8 Å². The van der Waals surface area contributed by atoms with Crippen molar-refractivity contribution in [2.45, 2.75) is 13.8 Å². The van der Waals surface area contributed by atoms with Crippen molar-refractivity contribution >= 4 is 21.6 Å². The van der Waals surface area contributed by atoms with E-state index in [1.807, 2.05) is 32.0 Å². The van der Waals surface area contributed by atoms with Gasteiger partial charge in [0, 0.05) is 12.7 Å². The molecule has 100 valence electrons. The first-order valence-electron chi connectivity index (χ1n) is 5.48. The average molecular weight is 270 g/mol. The van der Waals surface area contributed by atoms with Crippen molar-refractivity contribution in [3.63, 3.8) is 0 Å². The number of hydrogen-bond acceptors (Lipinski definition) is 3. The molecule has 5 nitrogen and oxygen atoms in total. The van der Waals surface area contributed by atoms with Crippen LogP contribution in [0.15, 0.2) is 18.2 Å². The first-order valence-corrected chi connectivity index (χ1v) is 7.33. The second kappa shape index (κ2) is 5.49. The third kappa shape index (κ3) is 4.46. The van der Waals surface area contributed by atoms with E-state index >= 15 is 0 Å². The Labute approximate surface area is 108 Å². The second-order valence-corrected chi connectivity index (χ2v) is 6.53. The van der Waals surface area contributed by atoms with Crippen LogP contribution in [0.2, 0.25) is 0 Å². The molecule has 1 amide bonds. The molecular weight excluding hydrogens is 252 g/mol. The number of aryl methyl sites for hydroxylation is 2. The lowest BCUT2D eigenvalue weighted by Gasteiger charge is -2.14. The summed E-state index contributed by atoms with van der Waals surface area (Å²) in [5.41, 5.74) is 2.77. The Hall–Kier alpha value is -1.40. The number of likely N-dealkylation sites (N-methyl/N-ethyl adjacent to an activating group) is 1. The van der Waals surface area contributed by atoms with Gasteiger partial charge in [-0.1, -0.05) is 6.07 Å². The second-order valence-electron chi connectivity index (χ2n) is 4.44. The van der Waals surface area contributed by atoms with E-state index < -0.39 is 10.0 Å². The van der Waals surface area contributed by atoms with Crippen LogP contribution in [0.25, 0.3) is 0 Å². The van der Waals surface area contributed by atoms with Gasteiger partial charge in [0.25, 0.3) is 0 Å². The standard InChI is InChI=1S/C12H18N2O3S/c1-9-5-10(2)7-11(6-9)13-12(15)8-14(3)18(4,16)17/h5-7H,8H2,1-4H3,(H,13,15). The predicted octanol–water partition coefficient (Wildman–Crippen LogP) is 1.13. The van der Waals surface area contributed by atoms with Crippen LogP contribution in [0, 0.1) is 13.8 Å². The number of nitrogens with zero attached hydrogens (tertiary/aromatic N) is 1. The van der Waals surface area contributed by atoms with Gasteiger partial charge in [0.2, 0.25) is 15.9 Å². The molecule has 1 aromatic carbocycles. The maximum Gasteiger partial charge on any atom is 0.239 e. The van der Waals surface area contributed by atoms with Crippen LogP contribution in [0.5, 0.6) is 0 Å². The van der Waals surface area contributed by atoms with Gasteiger partial charge in [-0.2, -0.15) is 4.31 Å². The van der Waals surface area contributed by atoms with Crippen LogP contribution in [-0.4, -0.2) is 38.5 Å². The van der Waals surface area contributed by atoms with Crippen molar-refractivity contribution in [3.05, 3.63) is 29.3 Å². The molecule has 0 aliphatic heterocycles. The Morgan fingerprint density at radius 2 is 1.72 bits per heavy atom. The molecule has 0 fully saturated rings. The fourth-order valence-electron chi connectivity index (χ4n) is 1.57. The van der Waals surface area contributed by atoms with Gasteiger partial charge in [-0.25, -0.2) is 8.42 Å². The Kier molecular flexibility index (Phi) is 4.48. The molecule has 1 N–H and O–H groups in total. The van der Waals surface area contributed by atoms with Crippen LogP contribution >= 0.6 is 0 Å². The summed E-state index contributed by atoms with van der Waals surface area (Å²) in [5.74, 6) is -0.354. The van der Waals surface area contributed by atoms with Gasteiger partial charge in [-0.05, 0) is 37.1 Å². The van der Waals surface area contributed by atoms with E-state index in [2.05, 4.69) is 5.32 Å². The highest BCUT2D eigenvalue weighted by molar-refractivity contribution is 7.88. The van der Waals surface area contributed by atoms with E-state index in [4.69, 9.17) is 0 Å². The van der Waals surface area contributed by atoms with Gasteiger partial charge < -0.3 is 5.32 Å². The molecule has 0 atom stereocenters. The van der Waals surface area contributed by atoms with Gasteiger partial charge >= 0.3 is 0 Å². The zero-order valence-corrected chi connectivity index (χ0v) is 11.8. The smallest absolute Gasteiger partial charge is 0.239 e. The summed E-state index contributed by atoms with van der Waals surface area (Å²) >= 11 is 0. The number of hydrogen-bond donors (Lipinski definition) is 1. The van der Waals surface area contributed by atoms with E-state index in [0.29, 0.717) is 5.69 Å². The zero-order chi connectivity index (χ0) is 13.9. The largest absolute Gasteiger partial charge is 0.325 e. The lowest BCUT2D eigenvalue weighted by atomic mass is 10.1. The normalized spacial score (nSPS) is 11.6. The van der Waals surface area contributed by atoms with E-state index in [-0.39, 0.29) is 12.5 Å². The maximum atomic E-state index is 11.7. The highest BCUT2D eigenvalue weighted by Gasteiger charge is 2.15. The number of rotatable bonds is 4. The summed E-state index contributed by atoms with van der Waals surface area (Å²) in [4.78, 5) is 11.7. The fourth-order valence-corrected chi connectivity index (χ4v) is 1.92. The van der Waals surface area contributed by atoms with Crippen molar-refractivity contribution in [1.29, 1.82) is 0 Å². The van der Waals surface area contributed by atoms with E-state index in [1.165, 1.54) is 7.05 Å². The maximum absolute atomic E-state index is 11.7. The number of benzene rings is 1. The third-order valence-corrected chi connectivity index (χ3v) is 3.70. The Bertz CT molecular complexity index is 532. The van der Waals surface area contributed by atoms with Crippen molar-refractivity contribution in [3.8, 4) is 0 Å². The summed E-state index contributed by atoms with van der Waals surface area (Å²) in [5, 5.41) is 2.68. The summed E-state index contributed by atoms with van der Waals surface area (Å²) in [6.45, 7) is 3.68. The number of nitrogens with one attached hydrogen (secondary N) is 1. The first-order chi connectivity index (χ1) is 8.18. The zero-order valence-electron chi connectivity index (χ0n) is 11.0. The summed E-state index contributed by atoms with van der Waals surface area (Å²) in [7, 11) is -1.96. The number of sulfonamides is 1. The van der Waals surface area contributed by atoms with Crippen LogP contribution < -0.4 is 5.32 Å². The summed E-state index contributed by atoms with van der Waals surface area (Å²) in [6.07, 6.45) is 1.07. The van der Waals surface area contributed by atoms with Gasteiger partial charge in [0.15, 0.2) is 0 Å². The van der Waals surface area contributed by atoms with Crippen molar-refractivity contribution in [1.82, 2.24) is 4.31 Å². The third-order valence-electron chi connectivity index (χ3n) is 2.44. The predicted molar refractivity (Wildman–Crippen MR) is 72.0 cm³/mol. The molecule has 18 heavy (non-hydrogen) atoms. The van der Waals surface area contributed by atoms with Crippen LogP contribution in [0.4, 0.5) is 5.69 Å². The average Bonchev–Trinajstić information content (AvgIpc) is 2.13. The van der Waals surface area contributed by atoms with Crippen molar-refractivity contribution in [2.24, 2.45) is 0 Å². The molecule has 0 aliphatic rings. The van der Waals surface area contributed by atoms with Crippen LogP contribution in [0.1, 0.15) is 11.1 Å². The number of carbonyl (C=O) groups excluding carboxylic acids is 1. The lowest BCUT2D eigenvalue weighted by molar-refractivity contribution is -0.116. The van der Waals surface area contributed by atoms with E-state index in [9.17, 15) is 13.2 Å². The SMILES string of the molecule is Cc1cc(C)cc(NC(=O)CN(C)S(C)(=O)=O)c1. The Balaban J connectivity index is 2.71. The molecule has 1 aromatic rings. The molecule has 0 spiro atoms. The van der Waals surface area contributed by atoms with Gasteiger partial charge in [-0.3, -0.25) is 4.79 Å². The minimum Gasteiger partial charge on any atom is -0.325 e. The minimum absolute atomic E-state index is 0.189.